The minimum Gasteiger partial charge on any atom is -0.468 e. The maximum absolute atomic E-state index is 12.5. The van der Waals surface area contributed by atoms with Crippen molar-refractivity contribution >= 4 is 34.6 Å². The number of carbonyl (C=O) groups excluding carboxylic acids is 2. The molecule has 24 heavy (non-hydrogen) atoms. The maximum Gasteiger partial charge on any atom is 0.327 e. The molecule has 7 heteroatoms. The highest BCUT2D eigenvalue weighted by molar-refractivity contribution is 7.12. The van der Waals surface area contributed by atoms with Crippen molar-refractivity contribution in [3.05, 3.63) is 44.8 Å². The third-order valence-electron chi connectivity index (χ3n) is 4.20. The van der Waals surface area contributed by atoms with Crippen molar-refractivity contribution in [3.8, 4) is 0 Å². The molecule has 0 spiro atoms. The molecule has 0 bridgehead atoms. The molecule has 3 rings (SSSR count). The fourth-order valence-corrected chi connectivity index (χ4v) is 4.36. The molecular weight excluding hydrogens is 344 g/mol. The summed E-state index contributed by atoms with van der Waals surface area (Å²) >= 11 is 3.04. The number of esters is 1. The number of methoxy groups -OCH3 is 1. The van der Waals surface area contributed by atoms with Crippen LogP contribution in [0.2, 0.25) is 0 Å². The molecule has 1 aliphatic heterocycles. The summed E-state index contributed by atoms with van der Waals surface area (Å²) < 4.78 is 5.01. The van der Waals surface area contributed by atoms with Crippen LogP contribution in [-0.2, 0) is 9.53 Å². The number of hydrogen-bond acceptors (Lipinski definition) is 6. The van der Waals surface area contributed by atoms with E-state index < -0.39 is 6.04 Å². The van der Waals surface area contributed by atoms with E-state index in [1.165, 1.54) is 18.4 Å². The molecule has 1 saturated heterocycles. The normalized spacial score (nSPS) is 17.3. The van der Waals surface area contributed by atoms with Crippen LogP contribution in [0.3, 0.4) is 0 Å². The molecule has 0 aliphatic carbocycles. The van der Waals surface area contributed by atoms with Crippen LogP contribution >= 0.6 is 22.7 Å². The van der Waals surface area contributed by atoms with Gasteiger partial charge in [0.1, 0.15) is 6.04 Å². The number of thiophene rings is 2. The van der Waals surface area contributed by atoms with Crippen LogP contribution in [0, 0.1) is 0 Å². The molecule has 2 aromatic rings. The minimum atomic E-state index is -0.391. The molecule has 5 nitrogen and oxygen atoms in total. The van der Waals surface area contributed by atoms with Crippen LogP contribution in [0.5, 0.6) is 0 Å². The summed E-state index contributed by atoms with van der Waals surface area (Å²) in [5, 5.41) is 5.87. The summed E-state index contributed by atoms with van der Waals surface area (Å²) in [6.07, 6.45) is 0.842. The molecule has 0 aromatic carbocycles. The zero-order valence-electron chi connectivity index (χ0n) is 13.5. The van der Waals surface area contributed by atoms with Gasteiger partial charge in [0.2, 0.25) is 0 Å². The Balaban J connectivity index is 1.72. The van der Waals surface area contributed by atoms with Crippen molar-refractivity contribution in [1.29, 1.82) is 0 Å². The lowest BCUT2D eigenvalue weighted by Crippen LogP contribution is -2.38. The SMILES string of the molecule is COC(=O)[C@@H](c1ccsc1)N1CCCN(C(=O)c2cccs2)CC1. The number of carbonyl (C=O) groups is 2. The van der Waals surface area contributed by atoms with Crippen LogP contribution in [0.15, 0.2) is 34.3 Å². The van der Waals surface area contributed by atoms with Crippen molar-refractivity contribution in [2.24, 2.45) is 0 Å². The summed E-state index contributed by atoms with van der Waals surface area (Å²) in [4.78, 5) is 29.6. The Kier molecular flexibility index (Phi) is 5.65. The Labute approximate surface area is 149 Å². The molecule has 0 N–H and O–H groups in total. The molecule has 1 fully saturated rings. The van der Waals surface area contributed by atoms with Gasteiger partial charge >= 0.3 is 5.97 Å². The Morgan fingerprint density at radius 1 is 1.17 bits per heavy atom. The van der Waals surface area contributed by atoms with Gasteiger partial charge in [-0.3, -0.25) is 9.69 Å². The number of rotatable bonds is 4. The number of ether oxygens (including phenoxy) is 1. The Bertz CT molecular complexity index is 670. The highest BCUT2D eigenvalue weighted by atomic mass is 32.1. The zero-order valence-corrected chi connectivity index (χ0v) is 15.1. The van der Waals surface area contributed by atoms with Gasteiger partial charge in [0.05, 0.1) is 12.0 Å². The fourth-order valence-electron chi connectivity index (χ4n) is 2.99. The molecule has 1 aliphatic rings. The first-order valence-electron chi connectivity index (χ1n) is 7.87. The summed E-state index contributed by atoms with van der Waals surface area (Å²) in [5.41, 5.74) is 0.963. The average molecular weight is 364 g/mol. The Morgan fingerprint density at radius 2 is 2.04 bits per heavy atom. The minimum absolute atomic E-state index is 0.0806. The van der Waals surface area contributed by atoms with Gasteiger partial charge in [0.15, 0.2) is 0 Å². The van der Waals surface area contributed by atoms with Gasteiger partial charge in [-0.05, 0) is 40.3 Å². The van der Waals surface area contributed by atoms with E-state index in [1.54, 1.807) is 11.3 Å². The number of hydrogen-bond donors (Lipinski definition) is 0. The summed E-state index contributed by atoms with van der Waals surface area (Å²) in [5.74, 6) is -0.163. The van der Waals surface area contributed by atoms with Crippen LogP contribution < -0.4 is 0 Å². The van der Waals surface area contributed by atoms with E-state index in [0.717, 1.165) is 23.4 Å². The van der Waals surface area contributed by atoms with E-state index in [9.17, 15) is 9.59 Å². The predicted octanol–water partition coefficient (Wildman–Crippen LogP) is 2.87. The van der Waals surface area contributed by atoms with E-state index >= 15 is 0 Å². The van der Waals surface area contributed by atoms with Gasteiger partial charge in [-0.15, -0.1) is 11.3 Å². The van der Waals surface area contributed by atoms with Crippen molar-refractivity contribution in [2.45, 2.75) is 12.5 Å². The fraction of sp³-hybridized carbons (Fsp3) is 0.412. The highest BCUT2D eigenvalue weighted by Crippen LogP contribution is 2.26. The summed E-state index contributed by atoms with van der Waals surface area (Å²) in [6.45, 7) is 2.76. The topological polar surface area (TPSA) is 49.9 Å². The second-order valence-electron chi connectivity index (χ2n) is 5.64. The third-order valence-corrected chi connectivity index (χ3v) is 5.76. The van der Waals surface area contributed by atoms with E-state index in [-0.39, 0.29) is 11.9 Å². The molecule has 2 aromatic heterocycles. The lowest BCUT2D eigenvalue weighted by Gasteiger charge is -2.28. The average Bonchev–Trinajstić information content (AvgIpc) is 3.26. The highest BCUT2D eigenvalue weighted by Gasteiger charge is 2.31. The van der Waals surface area contributed by atoms with E-state index in [1.807, 2.05) is 39.2 Å². The first-order chi connectivity index (χ1) is 11.7. The summed E-state index contributed by atoms with van der Waals surface area (Å²) in [7, 11) is 1.42. The molecule has 0 radical (unpaired) electrons. The molecule has 128 valence electrons. The standard InChI is InChI=1S/C17H20N2O3S2/c1-22-17(21)15(13-5-11-23-12-13)18-6-3-7-19(9-8-18)16(20)14-4-2-10-24-14/h2,4-5,10-12,15H,3,6-9H2,1H3/t15-/m1/s1. The second kappa shape index (κ2) is 7.92. The second-order valence-corrected chi connectivity index (χ2v) is 7.37. The number of nitrogens with zero attached hydrogens (tertiary/aromatic N) is 2. The molecule has 1 atom stereocenters. The van der Waals surface area contributed by atoms with E-state index in [0.29, 0.717) is 19.6 Å². The van der Waals surface area contributed by atoms with Gasteiger partial charge in [-0.1, -0.05) is 6.07 Å². The zero-order chi connectivity index (χ0) is 16.9. The van der Waals surface area contributed by atoms with E-state index in [2.05, 4.69) is 4.90 Å². The van der Waals surface area contributed by atoms with Crippen molar-refractivity contribution < 1.29 is 14.3 Å². The molecule has 1 amide bonds. The van der Waals surface area contributed by atoms with Crippen molar-refractivity contribution in [3.63, 3.8) is 0 Å². The third kappa shape index (κ3) is 3.68. The van der Waals surface area contributed by atoms with Crippen molar-refractivity contribution in [1.82, 2.24) is 9.80 Å². The Hall–Kier alpha value is -1.70. The lowest BCUT2D eigenvalue weighted by atomic mass is 10.1. The molecular formula is C17H20N2O3S2. The van der Waals surface area contributed by atoms with E-state index in [4.69, 9.17) is 4.74 Å². The van der Waals surface area contributed by atoms with Crippen molar-refractivity contribution in [2.75, 3.05) is 33.3 Å². The smallest absolute Gasteiger partial charge is 0.327 e. The quantitative estimate of drug-likeness (QED) is 0.783. The first kappa shape index (κ1) is 17.1. The monoisotopic (exact) mass is 364 g/mol. The van der Waals surface area contributed by atoms with Crippen LogP contribution in [0.4, 0.5) is 0 Å². The number of amides is 1. The summed E-state index contributed by atoms with van der Waals surface area (Å²) in [6, 6.07) is 5.33. The molecule has 0 saturated carbocycles. The largest absolute Gasteiger partial charge is 0.468 e. The molecule has 3 heterocycles. The van der Waals surface area contributed by atoms with Gasteiger partial charge < -0.3 is 9.64 Å². The van der Waals surface area contributed by atoms with Crippen LogP contribution in [0.1, 0.15) is 27.7 Å². The first-order valence-corrected chi connectivity index (χ1v) is 9.69. The molecule has 0 unspecified atom stereocenters. The van der Waals surface area contributed by atoms with Crippen LogP contribution in [0.25, 0.3) is 0 Å². The Morgan fingerprint density at radius 3 is 2.71 bits per heavy atom. The van der Waals surface area contributed by atoms with Gasteiger partial charge in [-0.2, -0.15) is 11.3 Å². The predicted molar refractivity (Wildman–Crippen MR) is 95.5 cm³/mol. The van der Waals surface area contributed by atoms with Gasteiger partial charge in [-0.25, -0.2) is 4.79 Å². The van der Waals surface area contributed by atoms with Crippen LogP contribution in [-0.4, -0.2) is 55.0 Å². The van der Waals surface area contributed by atoms with Gasteiger partial charge in [0.25, 0.3) is 5.91 Å². The maximum atomic E-state index is 12.5. The van der Waals surface area contributed by atoms with Gasteiger partial charge in [0, 0.05) is 26.2 Å². The lowest BCUT2D eigenvalue weighted by molar-refractivity contribution is -0.147.